The number of imidazole rings is 1. The van der Waals surface area contributed by atoms with Crippen LogP contribution in [-0.4, -0.2) is 35.7 Å². The molecule has 0 bridgehead atoms. The Morgan fingerprint density at radius 3 is 2.63 bits per heavy atom. The standard InChI is InChI=1S/C31H27FN2O4/c1-36-30(35)31(11-13-37-14-12-31)24-16-25(32)18-26(17-24)38-20-21-7-9-27-23(15-21)8-10-29-33-19-28(34(27)29)22-5-3-2-4-6-22/h2-10,15-19H,11-14,20H2,1H3. The number of methoxy groups -OCH3 is 1. The number of ether oxygens (including phenoxy) is 3. The highest BCUT2D eigenvalue weighted by molar-refractivity contribution is 5.85. The number of hydrogen-bond donors (Lipinski definition) is 0. The minimum atomic E-state index is -0.942. The smallest absolute Gasteiger partial charge is 0.316 e. The highest BCUT2D eigenvalue weighted by Gasteiger charge is 2.43. The molecular weight excluding hydrogens is 483 g/mol. The fourth-order valence-electron chi connectivity index (χ4n) is 5.36. The molecule has 0 aliphatic carbocycles. The Kier molecular flexibility index (Phi) is 6.29. The van der Waals surface area contributed by atoms with Gasteiger partial charge in [0.05, 0.1) is 29.9 Å². The lowest BCUT2D eigenvalue weighted by Crippen LogP contribution is -2.42. The average Bonchev–Trinajstić information content (AvgIpc) is 3.41. The van der Waals surface area contributed by atoms with Gasteiger partial charge >= 0.3 is 5.97 Å². The molecule has 5 aromatic rings. The van der Waals surface area contributed by atoms with E-state index in [1.54, 1.807) is 6.07 Å². The molecular formula is C31H27FN2O4. The Labute approximate surface area is 219 Å². The molecule has 0 N–H and O–H groups in total. The second-order valence-electron chi connectivity index (χ2n) is 9.58. The molecule has 38 heavy (non-hydrogen) atoms. The number of esters is 1. The number of halogens is 1. The van der Waals surface area contributed by atoms with Gasteiger partial charge in [-0.15, -0.1) is 0 Å². The summed E-state index contributed by atoms with van der Waals surface area (Å²) >= 11 is 0. The molecule has 0 unspecified atom stereocenters. The summed E-state index contributed by atoms with van der Waals surface area (Å²) in [5.41, 5.74) is 4.58. The van der Waals surface area contributed by atoms with Crippen molar-refractivity contribution in [2.24, 2.45) is 0 Å². The van der Waals surface area contributed by atoms with E-state index in [4.69, 9.17) is 14.2 Å². The van der Waals surface area contributed by atoms with Crippen molar-refractivity contribution in [1.29, 1.82) is 0 Å². The topological polar surface area (TPSA) is 62.1 Å². The van der Waals surface area contributed by atoms with Crippen LogP contribution in [0.4, 0.5) is 4.39 Å². The number of carbonyl (C=O) groups excluding carboxylic acids is 1. The zero-order chi connectivity index (χ0) is 26.1. The van der Waals surface area contributed by atoms with Crippen LogP contribution in [0.1, 0.15) is 24.0 Å². The van der Waals surface area contributed by atoms with Gasteiger partial charge in [-0.3, -0.25) is 9.20 Å². The number of benzene rings is 3. The van der Waals surface area contributed by atoms with Crippen LogP contribution < -0.4 is 4.74 Å². The second kappa shape index (κ2) is 9.91. The first-order valence-electron chi connectivity index (χ1n) is 12.6. The van der Waals surface area contributed by atoms with Gasteiger partial charge in [0.25, 0.3) is 0 Å². The molecule has 6 rings (SSSR count). The van der Waals surface area contributed by atoms with Gasteiger partial charge in [0.1, 0.15) is 23.8 Å². The summed E-state index contributed by atoms with van der Waals surface area (Å²) in [6.45, 7) is 1.07. The van der Waals surface area contributed by atoms with Crippen molar-refractivity contribution in [1.82, 2.24) is 9.38 Å². The Balaban J connectivity index is 1.29. The molecule has 1 aliphatic rings. The predicted octanol–water partition coefficient (Wildman–Crippen LogP) is 6.09. The molecule has 6 nitrogen and oxygen atoms in total. The molecule has 3 heterocycles. The Bertz CT molecular complexity index is 1620. The van der Waals surface area contributed by atoms with Gasteiger partial charge in [-0.05, 0) is 65.8 Å². The lowest BCUT2D eigenvalue weighted by atomic mass is 9.74. The van der Waals surface area contributed by atoms with E-state index in [0.29, 0.717) is 37.4 Å². The van der Waals surface area contributed by atoms with Crippen LogP contribution in [0.5, 0.6) is 5.75 Å². The molecule has 0 saturated carbocycles. The van der Waals surface area contributed by atoms with Crippen molar-refractivity contribution < 1.29 is 23.4 Å². The quantitative estimate of drug-likeness (QED) is 0.259. The number of nitrogens with zero attached hydrogens (tertiary/aromatic N) is 2. The molecule has 0 spiro atoms. The molecule has 1 fully saturated rings. The Morgan fingerprint density at radius 2 is 1.84 bits per heavy atom. The molecule has 0 atom stereocenters. The van der Waals surface area contributed by atoms with Crippen LogP contribution in [0, 0.1) is 5.82 Å². The normalized spacial score (nSPS) is 15.0. The number of pyridine rings is 1. The zero-order valence-electron chi connectivity index (χ0n) is 21.0. The van der Waals surface area contributed by atoms with Gasteiger partial charge in [-0.2, -0.15) is 0 Å². The maximum absolute atomic E-state index is 14.7. The van der Waals surface area contributed by atoms with E-state index in [-0.39, 0.29) is 12.6 Å². The van der Waals surface area contributed by atoms with Crippen LogP contribution >= 0.6 is 0 Å². The summed E-state index contributed by atoms with van der Waals surface area (Å²) in [6, 6.07) is 24.8. The van der Waals surface area contributed by atoms with Gasteiger partial charge in [-0.25, -0.2) is 9.37 Å². The predicted molar refractivity (Wildman–Crippen MR) is 143 cm³/mol. The van der Waals surface area contributed by atoms with Crippen molar-refractivity contribution in [2.45, 2.75) is 24.9 Å². The van der Waals surface area contributed by atoms with E-state index in [9.17, 15) is 9.18 Å². The summed E-state index contributed by atoms with van der Waals surface area (Å²) in [5.74, 6) is -0.472. The van der Waals surface area contributed by atoms with Crippen molar-refractivity contribution in [2.75, 3.05) is 20.3 Å². The highest BCUT2D eigenvalue weighted by Crippen LogP contribution is 2.38. The highest BCUT2D eigenvalue weighted by atomic mass is 19.1. The summed E-state index contributed by atoms with van der Waals surface area (Å²) in [6.07, 6.45) is 2.75. The van der Waals surface area contributed by atoms with Crippen molar-refractivity contribution in [3.05, 3.63) is 102 Å². The maximum atomic E-state index is 14.7. The van der Waals surface area contributed by atoms with E-state index in [1.807, 2.05) is 42.6 Å². The van der Waals surface area contributed by atoms with E-state index < -0.39 is 11.2 Å². The van der Waals surface area contributed by atoms with E-state index in [1.165, 1.54) is 19.2 Å². The van der Waals surface area contributed by atoms with Crippen LogP contribution in [-0.2, 0) is 26.3 Å². The summed E-state index contributed by atoms with van der Waals surface area (Å²) in [4.78, 5) is 17.3. The first kappa shape index (κ1) is 24.1. The monoisotopic (exact) mass is 510 g/mol. The largest absolute Gasteiger partial charge is 0.489 e. The molecule has 0 radical (unpaired) electrons. The van der Waals surface area contributed by atoms with Gasteiger partial charge in [0, 0.05) is 24.8 Å². The molecule has 7 heteroatoms. The minimum Gasteiger partial charge on any atom is -0.489 e. The Morgan fingerprint density at radius 1 is 1.03 bits per heavy atom. The minimum absolute atomic E-state index is 0.251. The third-order valence-electron chi connectivity index (χ3n) is 7.36. The van der Waals surface area contributed by atoms with Gasteiger partial charge < -0.3 is 14.2 Å². The van der Waals surface area contributed by atoms with Crippen LogP contribution in [0.2, 0.25) is 0 Å². The number of hydrogen-bond acceptors (Lipinski definition) is 5. The van der Waals surface area contributed by atoms with E-state index in [2.05, 4.69) is 33.7 Å². The number of carbonyl (C=O) groups is 1. The van der Waals surface area contributed by atoms with Gasteiger partial charge in [-0.1, -0.05) is 36.4 Å². The number of fused-ring (bicyclic) bond motifs is 3. The number of rotatable bonds is 6. The molecule has 3 aromatic carbocycles. The van der Waals surface area contributed by atoms with Crippen molar-refractivity contribution in [3.8, 4) is 17.0 Å². The first-order valence-corrected chi connectivity index (χ1v) is 12.6. The molecule has 192 valence electrons. The van der Waals surface area contributed by atoms with E-state index in [0.717, 1.165) is 33.4 Å². The zero-order valence-corrected chi connectivity index (χ0v) is 21.0. The van der Waals surface area contributed by atoms with Crippen LogP contribution in [0.15, 0.2) is 85.1 Å². The van der Waals surface area contributed by atoms with Gasteiger partial charge in [0.2, 0.25) is 0 Å². The maximum Gasteiger partial charge on any atom is 0.316 e. The van der Waals surface area contributed by atoms with Crippen molar-refractivity contribution in [3.63, 3.8) is 0 Å². The Hall–Kier alpha value is -4.23. The first-order chi connectivity index (χ1) is 18.6. The molecule has 1 saturated heterocycles. The molecule has 2 aromatic heterocycles. The third-order valence-corrected chi connectivity index (χ3v) is 7.36. The lowest BCUT2D eigenvalue weighted by Gasteiger charge is -2.35. The SMILES string of the molecule is COC(=O)C1(c2cc(F)cc(OCc3ccc4c(ccc5ncc(-c6ccccc6)n54)c3)c2)CCOCC1. The van der Waals surface area contributed by atoms with Gasteiger partial charge in [0.15, 0.2) is 0 Å². The van der Waals surface area contributed by atoms with E-state index >= 15 is 0 Å². The lowest BCUT2D eigenvalue weighted by molar-refractivity contribution is -0.151. The summed E-state index contributed by atoms with van der Waals surface area (Å²) < 4.78 is 33.4. The average molecular weight is 511 g/mol. The fraction of sp³-hybridized carbons (Fsp3) is 0.226. The third kappa shape index (κ3) is 4.29. The molecule has 1 aliphatic heterocycles. The van der Waals surface area contributed by atoms with Crippen LogP contribution in [0.25, 0.3) is 27.8 Å². The fourth-order valence-corrected chi connectivity index (χ4v) is 5.36. The molecule has 0 amide bonds. The summed E-state index contributed by atoms with van der Waals surface area (Å²) in [5, 5.41) is 1.04. The van der Waals surface area contributed by atoms with Crippen LogP contribution in [0.3, 0.4) is 0 Å². The number of aromatic nitrogens is 2. The summed E-state index contributed by atoms with van der Waals surface area (Å²) in [7, 11) is 1.36. The second-order valence-corrected chi connectivity index (χ2v) is 9.58. The van der Waals surface area contributed by atoms with Crippen molar-refractivity contribution >= 4 is 22.5 Å².